The van der Waals surface area contributed by atoms with Gasteiger partial charge in [0.05, 0.1) is 0 Å². The van der Waals surface area contributed by atoms with E-state index in [1.807, 2.05) is 36.5 Å². The lowest BCUT2D eigenvalue weighted by molar-refractivity contribution is 0.498. The SMILES string of the molecule is CC.CC1Cc2sccc2CN1.CCC1NCCc2sccc21. The van der Waals surface area contributed by atoms with Crippen LogP contribution in [0, 0.1) is 0 Å². The normalized spacial score (nSPS) is 21.9. The van der Waals surface area contributed by atoms with E-state index in [4.69, 9.17) is 0 Å². The van der Waals surface area contributed by atoms with Crippen molar-refractivity contribution >= 4 is 22.7 Å². The molecule has 0 fully saturated rings. The van der Waals surface area contributed by atoms with Gasteiger partial charge in [0.2, 0.25) is 0 Å². The predicted octanol–water partition coefficient (Wildman–Crippen LogP) is 5.15. The van der Waals surface area contributed by atoms with Crippen molar-refractivity contribution in [3.8, 4) is 0 Å². The predicted molar refractivity (Wildman–Crippen MR) is 105 cm³/mol. The third-order valence-electron chi connectivity index (χ3n) is 4.28. The minimum absolute atomic E-state index is 0.630. The standard InChI is InChI=1S/C9H13NS.C8H11NS.C2H6/c1-2-8-7-4-6-11-9(7)3-5-10-8;1-6-4-8-7(5-9-6)2-3-10-8;1-2/h4,6,8,10H,2-3,5H2,1H3;2-3,6,9H,4-5H2,1H3;1-2H3. The Hall–Kier alpha value is -0.680. The monoisotopic (exact) mass is 350 g/mol. The topological polar surface area (TPSA) is 24.1 Å². The molecule has 2 unspecified atom stereocenters. The van der Waals surface area contributed by atoms with Crippen molar-refractivity contribution in [2.45, 2.75) is 65.6 Å². The summed E-state index contributed by atoms with van der Waals surface area (Å²) in [6.07, 6.45) is 3.65. The van der Waals surface area contributed by atoms with Crippen molar-refractivity contribution in [1.29, 1.82) is 0 Å². The van der Waals surface area contributed by atoms with Crippen molar-refractivity contribution in [2.75, 3.05) is 6.54 Å². The van der Waals surface area contributed by atoms with Crippen LogP contribution >= 0.6 is 22.7 Å². The van der Waals surface area contributed by atoms with E-state index in [9.17, 15) is 0 Å². The molecule has 2 aromatic heterocycles. The average molecular weight is 351 g/mol. The molecule has 0 amide bonds. The maximum absolute atomic E-state index is 3.52. The molecule has 2 aliphatic rings. The molecule has 0 aromatic carbocycles. The van der Waals surface area contributed by atoms with Gasteiger partial charge in [-0.25, -0.2) is 0 Å². The Balaban J connectivity index is 0.000000152. The van der Waals surface area contributed by atoms with E-state index in [2.05, 4.69) is 47.4 Å². The highest BCUT2D eigenvalue weighted by molar-refractivity contribution is 7.10. The molecule has 0 radical (unpaired) electrons. The molecule has 2 N–H and O–H groups in total. The molecule has 0 bridgehead atoms. The summed E-state index contributed by atoms with van der Waals surface area (Å²) in [7, 11) is 0. The van der Waals surface area contributed by atoms with Gasteiger partial charge in [-0.1, -0.05) is 20.8 Å². The Kier molecular flexibility index (Phi) is 7.77. The molecule has 4 rings (SSSR count). The molecule has 0 aliphatic carbocycles. The van der Waals surface area contributed by atoms with Crippen molar-refractivity contribution in [2.24, 2.45) is 0 Å². The summed E-state index contributed by atoms with van der Waals surface area (Å²) < 4.78 is 0. The van der Waals surface area contributed by atoms with Gasteiger partial charge in [0, 0.05) is 34.9 Å². The third kappa shape index (κ3) is 4.90. The van der Waals surface area contributed by atoms with Crippen molar-refractivity contribution in [3.63, 3.8) is 0 Å². The van der Waals surface area contributed by atoms with Gasteiger partial charge in [-0.2, -0.15) is 0 Å². The van der Waals surface area contributed by atoms with Gasteiger partial charge in [-0.15, -0.1) is 22.7 Å². The van der Waals surface area contributed by atoms with Crippen LogP contribution in [0.15, 0.2) is 22.9 Å². The number of rotatable bonds is 1. The van der Waals surface area contributed by atoms with Gasteiger partial charge in [0.15, 0.2) is 0 Å². The molecule has 2 nitrogen and oxygen atoms in total. The van der Waals surface area contributed by atoms with Gasteiger partial charge in [-0.05, 0) is 60.2 Å². The zero-order valence-corrected chi connectivity index (χ0v) is 16.4. The van der Waals surface area contributed by atoms with E-state index in [-0.39, 0.29) is 0 Å². The van der Waals surface area contributed by atoms with Crippen LogP contribution in [0.4, 0.5) is 0 Å². The van der Waals surface area contributed by atoms with Gasteiger partial charge in [-0.3, -0.25) is 0 Å². The third-order valence-corrected chi connectivity index (χ3v) is 6.26. The summed E-state index contributed by atoms with van der Waals surface area (Å²) in [5.74, 6) is 0. The second-order valence-electron chi connectivity index (χ2n) is 5.82. The Morgan fingerprint density at radius 1 is 1.09 bits per heavy atom. The fourth-order valence-electron chi connectivity index (χ4n) is 3.04. The maximum Gasteiger partial charge on any atom is 0.0328 e. The van der Waals surface area contributed by atoms with E-state index in [0.29, 0.717) is 12.1 Å². The van der Waals surface area contributed by atoms with Crippen LogP contribution in [0.1, 0.15) is 61.0 Å². The summed E-state index contributed by atoms with van der Waals surface area (Å²) in [6, 6.07) is 5.79. The molecule has 2 atom stereocenters. The molecular formula is C19H30N2S2. The Bertz CT molecular complexity index is 573. The van der Waals surface area contributed by atoms with E-state index in [0.717, 1.165) is 13.1 Å². The quantitative estimate of drug-likeness (QED) is 0.743. The molecule has 23 heavy (non-hydrogen) atoms. The molecule has 2 aliphatic heterocycles. The van der Waals surface area contributed by atoms with E-state index in [1.165, 1.54) is 24.8 Å². The number of hydrogen-bond donors (Lipinski definition) is 2. The molecule has 4 heteroatoms. The highest BCUT2D eigenvalue weighted by Gasteiger charge is 2.18. The fourth-order valence-corrected chi connectivity index (χ4v) is 5.02. The van der Waals surface area contributed by atoms with Crippen molar-refractivity contribution < 1.29 is 0 Å². The fraction of sp³-hybridized carbons (Fsp3) is 0.579. The summed E-state index contributed by atoms with van der Waals surface area (Å²) in [5.41, 5.74) is 3.05. The van der Waals surface area contributed by atoms with Crippen molar-refractivity contribution in [3.05, 3.63) is 43.8 Å². The van der Waals surface area contributed by atoms with Gasteiger partial charge in [0.25, 0.3) is 0 Å². The van der Waals surface area contributed by atoms with Gasteiger partial charge >= 0.3 is 0 Å². The summed E-state index contributed by atoms with van der Waals surface area (Å²) in [5, 5.41) is 11.3. The maximum atomic E-state index is 3.52. The van der Waals surface area contributed by atoms with E-state index < -0.39 is 0 Å². The first-order valence-corrected chi connectivity index (χ1v) is 10.6. The van der Waals surface area contributed by atoms with Crippen LogP contribution in [0.25, 0.3) is 0 Å². The minimum Gasteiger partial charge on any atom is -0.310 e. The zero-order valence-electron chi connectivity index (χ0n) is 14.8. The van der Waals surface area contributed by atoms with Crippen molar-refractivity contribution in [1.82, 2.24) is 10.6 Å². The van der Waals surface area contributed by atoms with Crippen LogP contribution in [0.5, 0.6) is 0 Å². The summed E-state index contributed by atoms with van der Waals surface area (Å²) >= 11 is 3.79. The highest BCUT2D eigenvalue weighted by atomic mass is 32.1. The number of nitrogens with one attached hydrogen (secondary N) is 2. The summed E-state index contributed by atoms with van der Waals surface area (Å²) in [4.78, 5) is 3.17. The first-order chi connectivity index (χ1) is 11.3. The van der Waals surface area contributed by atoms with E-state index in [1.54, 1.807) is 15.3 Å². The number of thiophene rings is 2. The largest absolute Gasteiger partial charge is 0.310 e. The van der Waals surface area contributed by atoms with Crippen LogP contribution in [-0.4, -0.2) is 12.6 Å². The van der Waals surface area contributed by atoms with Crippen LogP contribution in [0.3, 0.4) is 0 Å². The molecular weight excluding hydrogens is 320 g/mol. The minimum atomic E-state index is 0.630. The smallest absolute Gasteiger partial charge is 0.0328 e. The molecule has 0 saturated carbocycles. The van der Waals surface area contributed by atoms with Gasteiger partial charge < -0.3 is 10.6 Å². The molecule has 0 saturated heterocycles. The lowest BCUT2D eigenvalue weighted by atomic mass is 10.0. The lowest BCUT2D eigenvalue weighted by Crippen LogP contribution is -2.31. The second-order valence-corrected chi connectivity index (χ2v) is 7.82. The molecule has 2 aromatic rings. The van der Waals surface area contributed by atoms with Crippen LogP contribution in [0.2, 0.25) is 0 Å². The Labute approximate surface area is 149 Å². The zero-order chi connectivity index (χ0) is 16.7. The molecule has 128 valence electrons. The number of hydrogen-bond acceptors (Lipinski definition) is 4. The first kappa shape index (κ1) is 18.7. The van der Waals surface area contributed by atoms with Gasteiger partial charge in [0.1, 0.15) is 0 Å². The molecule has 4 heterocycles. The Morgan fingerprint density at radius 3 is 2.61 bits per heavy atom. The highest BCUT2D eigenvalue weighted by Crippen LogP contribution is 2.28. The second kappa shape index (κ2) is 9.58. The Morgan fingerprint density at radius 2 is 1.83 bits per heavy atom. The van der Waals surface area contributed by atoms with Crippen LogP contribution in [-0.2, 0) is 19.4 Å². The van der Waals surface area contributed by atoms with Crippen LogP contribution < -0.4 is 10.6 Å². The number of fused-ring (bicyclic) bond motifs is 2. The summed E-state index contributed by atoms with van der Waals surface area (Å²) in [6.45, 7) is 10.7. The lowest BCUT2D eigenvalue weighted by Gasteiger charge is -2.22. The first-order valence-electron chi connectivity index (χ1n) is 8.86. The molecule has 0 spiro atoms. The average Bonchev–Trinajstić information content (AvgIpc) is 3.25. The van der Waals surface area contributed by atoms with E-state index >= 15 is 0 Å².